The number of ether oxygens (including phenoxy) is 1. The van der Waals surface area contributed by atoms with E-state index in [0.29, 0.717) is 37.8 Å². The number of rotatable bonds is 14. The zero-order valence-electron chi connectivity index (χ0n) is 24.6. The SMILES string of the molecule is CC(C)NCCCS(=O)(=O)NCCOc1ccc2c(c1)C(C1(c3ccc(Cl)cc3)CCC1)NCC2.O=C(O)/C=C/C(=O)O. The van der Waals surface area contributed by atoms with Crippen molar-refractivity contribution in [2.24, 2.45) is 0 Å². The molecule has 2 aromatic rings. The van der Waals surface area contributed by atoms with Crippen LogP contribution in [0.25, 0.3) is 0 Å². The van der Waals surface area contributed by atoms with Gasteiger partial charge in [0, 0.05) is 41.2 Å². The van der Waals surface area contributed by atoms with E-state index in [1.54, 1.807) is 0 Å². The van der Waals surface area contributed by atoms with E-state index in [2.05, 4.69) is 39.6 Å². The Balaban J connectivity index is 0.000000557. The Morgan fingerprint density at radius 3 is 2.35 bits per heavy atom. The molecule has 0 radical (unpaired) electrons. The highest BCUT2D eigenvalue weighted by Crippen LogP contribution is 2.53. The summed E-state index contributed by atoms with van der Waals surface area (Å²) >= 11 is 6.16. The van der Waals surface area contributed by atoms with Gasteiger partial charge in [-0.25, -0.2) is 22.7 Å². The minimum atomic E-state index is -3.30. The highest BCUT2D eigenvalue weighted by molar-refractivity contribution is 7.89. The molecular formula is C31H42ClN3O7S. The fourth-order valence-corrected chi connectivity index (χ4v) is 6.62. The summed E-state index contributed by atoms with van der Waals surface area (Å²) in [7, 11) is -3.30. The van der Waals surface area contributed by atoms with Crippen LogP contribution in [0.5, 0.6) is 5.75 Å². The zero-order chi connectivity index (χ0) is 31.5. The summed E-state index contributed by atoms with van der Waals surface area (Å²) in [5.41, 5.74) is 4.06. The van der Waals surface area contributed by atoms with E-state index in [9.17, 15) is 18.0 Å². The van der Waals surface area contributed by atoms with Crippen molar-refractivity contribution in [3.05, 3.63) is 76.3 Å². The number of aliphatic carboxylic acids is 2. The van der Waals surface area contributed by atoms with Gasteiger partial charge in [-0.3, -0.25) is 0 Å². The number of carbonyl (C=O) groups is 2. The molecule has 1 fully saturated rings. The lowest BCUT2D eigenvalue weighted by atomic mass is 9.58. The number of fused-ring (bicyclic) bond motifs is 1. The molecule has 12 heteroatoms. The van der Waals surface area contributed by atoms with E-state index in [4.69, 9.17) is 26.6 Å². The van der Waals surface area contributed by atoms with Crippen molar-refractivity contribution in [1.82, 2.24) is 15.4 Å². The standard InChI is InChI=1S/C27H38ClN3O3S.C4H4O4/c1-20(2)29-14-4-18-35(32,33)31-16-17-34-24-10-5-21-11-15-30-26(25(21)19-24)27(12-3-13-27)22-6-8-23(28)9-7-22;5-3(6)1-2-4(7)8/h5-10,19-20,26,29-31H,3-4,11-18H2,1-2H3;1-2H,(H,5,6)(H,7,8)/b;2-1+. The summed E-state index contributed by atoms with van der Waals surface area (Å²) in [5, 5.41) is 23.4. The summed E-state index contributed by atoms with van der Waals surface area (Å²) in [6.45, 7) is 6.30. The Labute approximate surface area is 258 Å². The third kappa shape index (κ3) is 10.6. The van der Waals surface area contributed by atoms with Crippen LogP contribution >= 0.6 is 11.6 Å². The van der Waals surface area contributed by atoms with Crippen LogP contribution < -0.4 is 20.1 Å². The lowest BCUT2D eigenvalue weighted by Gasteiger charge is -2.50. The molecule has 1 heterocycles. The number of carboxylic acid groups (broad SMARTS) is 2. The van der Waals surface area contributed by atoms with Gasteiger partial charge in [0.1, 0.15) is 12.4 Å². The number of hydrogen-bond donors (Lipinski definition) is 5. The number of benzene rings is 2. The first-order chi connectivity index (χ1) is 20.4. The van der Waals surface area contributed by atoms with Crippen LogP contribution in [0, 0.1) is 0 Å². The molecule has 236 valence electrons. The van der Waals surface area contributed by atoms with Gasteiger partial charge in [-0.05, 0) is 79.7 Å². The summed E-state index contributed by atoms with van der Waals surface area (Å²) in [6, 6.07) is 15.2. The summed E-state index contributed by atoms with van der Waals surface area (Å²) < 4.78 is 33.1. The Morgan fingerprint density at radius 1 is 1.09 bits per heavy atom. The second-order valence-corrected chi connectivity index (χ2v) is 13.4. The molecule has 1 saturated carbocycles. The topological polar surface area (TPSA) is 154 Å². The molecule has 0 saturated heterocycles. The van der Waals surface area contributed by atoms with Gasteiger partial charge in [0.2, 0.25) is 10.0 Å². The molecule has 2 aliphatic rings. The van der Waals surface area contributed by atoms with Crippen molar-refractivity contribution in [1.29, 1.82) is 0 Å². The molecule has 2 aromatic carbocycles. The van der Waals surface area contributed by atoms with Crippen LogP contribution in [0.4, 0.5) is 0 Å². The number of carboxylic acids is 2. The fraction of sp³-hybridized carbons (Fsp3) is 0.484. The van der Waals surface area contributed by atoms with Gasteiger partial charge < -0.3 is 25.6 Å². The summed E-state index contributed by atoms with van der Waals surface area (Å²) in [6.07, 6.45) is 6.21. The summed E-state index contributed by atoms with van der Waals surface area (Å²) in [5.74, 6) is -1.62. The first kappa shape index (κ1) is 34.5. The van der Waals surface area contributed by atoms with Gasteiger partial charge in [-0.2, -0.15) is 0 Å². The zero-order valence-corrected chi connectivity index (χ0v) is 26.2. The number of nitrogens with one attached hydrogen (secondary N) is 3. The van der Waals surface area contributed by atoms with Gasteiger partial charge >= 0.3 is 11.9 Å². The average molecular weight is 636 g/mol. The Hall–Kier alpha value is -2.96. The Morgan fingerprint density at radius 2 is 1.77 bits per heavy atom. The maximum atomic E-state index is 12.2. The maximum absolute atomic E-state index is 12.2. The molecule has 4 rings (SSSR count). The lowest BCUT2D eigenvalue weighted by Crippen LogP contribution is -2.49. The minimum Gasteiger partial charge on any atom is -0.492 e. The predicted octanol–water partition coefficient (Wildman–Crippen LogP) is 4.05. The molecular weight excluding hydrogens is 594 g/mol. The van der Waals surface area contributed by atoms with Gasteiger partial charge in [-0.1, -0.05) is 50.1 Å². The quantitative estimate of drug-likeness (QED) is 0.153. The van der Waals surface area contributed by atoms with E-state index >= 15 is 0 Å². The van der Waals surface area contributed by atoms with Gasteiger partial charge in [0.25, 0.3) is 0 Å². The van der Waals surface area contributed by atoms with Crippen LogP contribution in [0.1, 0.15) is 62.3 Å². The van der Waals surface area contributed by atoms with Crippen molar-refractivity contribution >= 4 is 33.6 Å². The van der Waals surface area contributed by atoms with Crippen LogP contribution in [0.2, 0.25) is 5.02 Å². The van der Waals surface area contributed by atoms with Crippen molar-refractivity contribution in [2.45, 2.75) is 63.5 Å². The highest BCUT2D eigenvalue weighted by Gasteiger charge is 2.47. The van der Waals surface area contributed by atoms with Crippen molar-refractivity contribution < 1.29 is 33.0 Å². The molecule has 0 bridgehead atoms. The molecule has 1 aliphatic carbocycles. The minimum absolute atomic E-state index is 0.0679. The first-order valence-electron chi connectivity index (χ1n) is 14.5. The van der Waals surface area contributed by atoms with E-state index in [0.717, 1.165) is 36.6 Å². The number of halogens is 1. The molecule has 0 amide bonds. The van der Waals surface area contributed by atoms with E-state index in [1.165, 1.54) is 23.1 Å². The van der Waals surface area contributed by atoms with E-state index < -0.39 is 22.0 Å². The Kier molecular flexibility index (Phi) is 13.0. The second kappa shape index (κ2) is 16.2. The maximum Gasteiger partial charge on any atom is 0.328 e. The van der Waals surface area contributed by atoms with Gasteiger partial charge in [0.05, 0.1) is 5.75 Å². The third-order valence-electron chi connectivity index (χ3n) is 7.59. The average Bonchev–Trinajstić information content (AvgIpc) is 2.93. The van der Waals surface area contributed by atoms with Crippen LogP contribution in [0.3, 0.4) is 0 Å². The third-order valence-corrected chi connectivity index (χ3v) is 9.31. The van der Waals surface area contributed by atoms with Crippen molar-refractivity contribution in [2.75, 3.05) is 32.0 Å². The lowest BCUT2D eigenvalue weighted by molar-refractivity contribution is -0.134. The monoisotopic (exact) mass is 635 g/mol. The predicted molar refractivity (Wildman–Crippen MR) is 167 cm³/mol. The Bertz CT molecular complexity index is 1340. The van der Waals surface area contributed by atoms with Crippen LogP contribution in [-0.4, -0.2) is 68.6 Å². The molecule has 43 heavy (non-hydrogen) atoms. The molecule has 0 spiro atoms. The summed E-state index contributed by atoms with van der Waals surface area (Å²) in [4.78, 5) is 19.1. The van der Waals surface area contributed by atoms with E-state index in [-0.39, 0.29) is 23.8 Å². The smallest absolute Gasteiger partial charge is 0.328 e. The second-order valence-electron chi connectivity index (χ2n) is 11.0. The van der Waals surface area contributed by atoms with Crippen molar-refractivity contribution in [3.63, 3.8) is 0 Å². The van der Waals surface area contributed by atoms with Crippen molar-refractivity contribution in [3.8, 4) is 5.75 Å². The molecule has 5 N–H and O–H groups in total. The number of hydrogen-bond acceptors (Lipinski definition) is 7. The normalized spacial score (nSPS) is 17.4. The van der Waals surface area contributed by atoms with Crippen LogP contribution in [0.15, 0.2) is 54.6 Å². The molecule has 1 unspecified atom stereocenters. The molecule has 0 aromatic heterocycles. The van der Waals surface area contributed by atoms with E-state index in [1.807, 2.05) is 32.0 Å². The molecule has 1 atom stereocenters. The highest BCUT2D eigenvalue weighted by atomic mass is 35.5. The number of sulfonamides is 1. The molecule has 1 aliphatic heterocycles. The van der Waals surface area contributed by atoms with Gasteiger partial charge in [0.15, 0.2) is 0 Å². The fourth-order valence-electron chi connectivity index (χ4n) is 5.43. The first-order valence-corrected chi connectivity index (χ1v) is 16.5. The molecule has 10 nitrogen and oxygen atoms in total. The van der Waals surface area contributed by atoms with Crippen LogP contribution in [-0.2, 0) is 31.4 Å². The largest absolute Gasteiger partial charge is 0.492 e. The van der Waals surface area contributed by atoms with Gasteiger partial charge in [-0.15, -0.1) is 0 Å².